The lowest BCUT2D eigenvalue weighted by molar-refractivity contribution is -0.905. The van der Waals surface area contributed by atoms with Crippen molar-refractivity contribution in [3.05, 3.63) is 42.1 Å². The Hall–Kier alpha value is -1.57. The van der Waals surface area contributed by atoms with E-state index in [2.05, 4.69) is 52.0 Å². The third-order valence-corrected chi connectivity index (χ3v) is 2.56. The molecule has 0 aliphatic carbocycles. The number of hydrogen-bond acceptors (Lipinski definition) is 1. The largest absolute Gasteiger partial charge is 0.236 e. The van der Waals surface area contributed by atoms with Crippen molar-refractivity contribution in [3.8, 4) is 11.3 Å². The van der Waals surface area contributed by atoms with Gasteiger partial charge in [0.1, 0.15) is 0 Å². The summed E-state index contributed by atoms with van der Waals surface area (Å²) < 4.78 is 7.67. The molecular weight excluding hydrogens is 198 g/mol. The SMILES string of the molecule is Cc1ccc(-c2cc[n+](C(C)(C)C)o2)cc1. The minimum Gasteiger partial charge on any atom is -0.236 e. The summed E-state index contributed by atoms with van der Waals surface area (Å²) in [5, 5.41) is 0. The maximum absolute atomic E-state index is 5.79. The molecule has 2 heteroatoms. The van der Waals surface area contributed by atoms with Crippen molar-refractivity contribution in [2.75, 3.05) is 0 Å². The van der Waals surface area contributed by atoms with Crippen LogP contribution in [0.5, 0.6) is 0 Å². The van der Waals surface area contributed by atoms with Gasteiger partial charge in [0.15, 0.2) is 0 Å². The second-order valence-corrected chi connectivity index (χ2v) is 5.13. The van der Waals surface area contributed by atoms with Gasteiger partial charge in [-0.1, -0.05) is 29.8 Å². The average Bonchev–Trinajstić information content (AvgIpc) is 2.67. The van der Waals surface area contributed by atoms with E-state index < -0.39 is 0 Å². The van der Waals surface area contributed by atoms with Gasteiger partial charge >= 0.3 is 0 Å². The van der Waals surface area contributed by atoms with Gasteiger partial charge in [0.2, 0.25) is 17.5 Å². The van der Waals surface area contributed by atoms with E-state index in [4.69, 9.17) is 4.52 Å². The van der Waals surface area contributed by atoms with Crippen molar-refractivity contribution < 1.29 is 9.26 Å². The molecule has 0 aliphatic rings. The molecule has 16 heavy (non-hydrogen) atoms. The lowest BCUT2D eigenvalue weighted by atomic mass is 10.1. The van der Waals surface area contributed by atoms with E-state index in [0.717, 1.165) is 11.3 Å². The molecule has 0 fully saturated rings. The van der Waals surface area contributed by atoms with E-state index in [0.29, 0.717) is 0 Å². The molecule has 2 aromatic rings. The van der Waals surface area contributed by atoms with Crippen LogP contribution in [0.15, 0.2) is 41.1 Å². The molecule has 0 aliphatic heterocycles. The predicted molar refractivity (Wildman–Crippen MR) is 64.1 cm³/mol. The maximum atomic E-state index is 5.79. The molecule has 0 bridgehead atoms. The quantitative estimate of drug-likeness (QED) is 0.668. The summed E-state index contributed by atoms with van der Waals surface area (Å²) >= 11 is 0. The van der Waals surface area contributed by atoms with Crippen molar-refractivity contribution in [2.45, 2.75) is 33.2 Å². The van der Waals surface area contributed by atoms with Gasteiger partial charge in [-0.25, -0.2) is 4.52 Å². The van der Waals surface area contributed by atoms with Gasteiger partial charge < -0.3 is 0 Å². The van der Waals surface area contributed by atoms with Crippen molar-refractivity contribution in [1.82, 2.24) is 0 Å². The molecule has 0 unspecified atom stereocenters. The highest BCUT2D eigenvalue weighted by molar-refractivity contribution is 5.56. The van der Waals surface area contributed by atoms with Crippen LogP contribution >= 0.6 is 0 Å². The summed E-state index contributed by atoms with van der Waals surface area (Å²) in [5.74, 6) is 0.912. The van der Waals surface area contributed by atoms with Crippen LogP contribution in [-0.4, -0.2) is 0 Å². The zero-order valence-electron chi connectivity index (χ0n) is 10.3. The fourth-order valence-corrected chi connectivity index (χ4v) is 1.53. The molecule has 0 saturated heterocycles. The van der Waals surface area contributed by atoms with E-state index >= 15 is 0 Å². The smallest absolute Gasteiger partial charge is 0.221 e. The molecule has 84 valence electrons. The van der Waals surface area contributed by atoms with Gasteiger partial charge in [-0.05, 0) is 11.7 Å². The first-order valence-electron chi connectivity index (χ1n) is 5.56. The molecular formula is C14H18NO+. The molecule has 2 rings (SSSR count). The zero-order chi connectivity index (χ0) is 11.8. The van der Waals surface area contributed by atoms with Crippen LogP contribution in [0.1, 0.15) is 26.3 Å². The lowest BCUT2D eigenvalue weighted by Gasteiger charge is -2.05. The maximum Gasteiger partial charge on any atom is 0.221 e. The Kier molecular flexibility index (Phi) is 2.58. The Morgan fingerprint density at radius 2 is 1.62 bits per heavy atom. The normalized spacial score (nSPS) is 11.8. The summed E-state index contributed by atoms with van der Waals surface area (Å²) in [4.78, 5) is 0. The number of aryl methyl sites for hydroxylation is 1. The topological polar surface area (TPSA) is 17.0 Å². The third kappa shape index (κ3) is 2.16. The second kappa shape index (κ2) is 3.78. The lowest BCUT2D eigenvalue weighted by Crippen LogP contribution is -2.48. The first kappa shape index (κ1) is 10.9. The van der Waals surface area contributed by atoms with Crippen LogP contribution in [0, 0.1) is 6.92 Å². The molecule has 0 spiro atoms. The predicted octanol–water partition coefficient (Wildman–Crippen LogP) is 3.30. The van der Waals surface area contributed by atoms with Crippen LogP contribution in [0.2, 0.25) is 0 Å². The second-order valence-electron chi connectivity index (χ2n) is 5.13. The monoisotopic (exact) mass is 216 g/mol. The van der Waals surface area contributed by atoms with Gasteiger partial charge in [-0.3, -0.25) is 0 Å². The van der Waals surface area contributed by atoms with Crippen LogP contribution in [-0.2, 0) is 5.54 Å². The number of nitrogens with zero attached hydrogens (tertiary/aromatic N) is 1. The van der Waals surface area contributed by atoms with Crippen molar-refractivity contribution in [1.29, 1.82) is 0 Å². The molecule has 0 saturated carbocycles. The van der Waals surface area contributed by atoms with Crippen LogP contribution in [0.3, 0.4) is 0 Å². The van der Waals surface area contributed by atoms with Crippen LogP contribution < -0.4 is 4.74 Å². The average molecular weight is 216 g/mol. The fourth-order valence-electron chi connectivity index (χ4n) is 1.53. The summed E-state index contributed by atoms with van der Waals surface area (Å²) in [6.45, 7) is 8.45. The fraction of sp³-hybridized carbons (Fsp3) is 0.357. The molecule has 2 nitrogen and oxygen atoms in total. The Labute approximate surface area is 96.5 Å². The number of rotatable bonds is 1. The summed E-state index contributed by atoms with van der Waals surface area (Å²) in [7, 11) is 0. The molecule has 1 aromatic heterocycles. The zero-order valence-corrected chi connectivity index (χ0v) is 10.3. The molecule has 0 radical (unpaired) electrons. The first-order chi connectivity index (χ1) is 7.47. The third-order valence-electron chi connectivity index (χ3n) is 2.56. The summed E-state index contributed by atoms with van der Waals surface area (Å²) in [6.07, 6.45) is 1.98. The first-order valence-corrected chi connectivity index (χ1v) is 5.56. The Bertz CT molecular complexity index is 474. The molecule has 1 heterocycles. The van der Waals surface area contributed by atoms with Gasteiger partial charge in [-0.2, -0.15) is 0 Å². The van der Waals surface area contributed by atoms with Gasteiger partial charge in [0.25, 0.3) is 0 Å². The Morgan fingerprint density at radius 3 is 2.12 bits per heavy atom. The van der Waals surface area contributed by atoms with E-state index in [1.54, 1.807) is 0 Å². The highest BCUT2D eigenvalue weighted by atomic mass is 16.5. The van der Waals surface area contributed by atoms with Gasteiger partial charge in [0.05, 0.1) is 6.07 Å². The number of benzene rings is 1. The summed E-state index contributed by atoms with van der Waals surface area (Å²) in [6, 6.07) is 10.4. The van der Waals surface area contributed by atoms with Gasteiger partial charge in [0, 0.05) is 26.3 Å². The number of hydrogen-bond donors (Lipinski definition) is 0. The van der Waals surface area contributed by atoms with Gasteiger partial charge in [-0.15, -0.1) is 0 Å². The summed E-state index contributed by atoms with van der Waals surface area (Å²) in [5.41, 5.74) is 2.37. The molecule has 0 N–H and O–H groups in total. The minimum absolute atomic E-state index is 0.0110. The van der Waals surface area contributed by atoms with Crippen molar-refractivity contribution in [3.63, 3.8) is 0 Å². The van der Waals surface area contributed by atoms with E-state index in [1.165, 1.54) is 5.56 Å². The number of aromatic nitrogens is 1. The van der Waals surface area contributed by atoms with E-state index in [9.17, 15) is 0 Å². The molecule has 1 aromatic carbocycles. The van der Waals surface area contributed by atoms with Crippen molar-refractivity contribution in [2.24, 2.45) is 0 Å². The minimum atomic E-state index is -0.0110. The van der Waals surface area contributed by atoms with Crippen LogP contribution in [0.25, 0.3) is 11.3 Å². The Morgan fingerprint density at radius 1 is 1.00 bits per heavy atom. The molecule has 0 amide bonds. The Balaban J connectivity index is 2.35. The van der Waals surface area contributed by atoms with E-state index in [-0.39, 0.29) is 5.54 Å². The molecule has 0 atom stereocenters. The van der Waals surface area contributed by atoms with E-state index in [1.807, 2.05) is 17.0 Å². The van der Waals surface area contributed by atoms with Crippen molar-refractivity contribution >= 4 is 0 Å². The standard InChI is InChI=1S/C14H18NO/c1-11-5-7-12(8-6-11)13-9-10-15(16-13)14(2,3)4/h5-10H,1-4H3/q+1. The van der Waals surface area contributed by atoms with Crippen LogP contribution in [0.4, 0.5) is 0 Å². The highest BCUT2D eigenvalue weighted by Crippen LogP contribution is 2.19. The highest BCUT2D eigenvalue weighted by Gasteiger charge is 2.26.